The third kappa shape index (κ3) is 0.937. The first-order chi connectivity index (χ1) is 5.68. The number of hydrogen-bond acceptors (Lipinski definition) is 3. The van der Waals surface area contributed by atoms with Crippen LogP contribution in [0.1, 0.15) is 13.3 Å². The first-order valence-electron chi connectivity index (χ1n) is 4.29. The normalized spacial score (nSPS) is 52.3. The van der Waals surface area contributed by atoms with Crippen LogP contribution in [0.2, 0.25) is 0 Å². The lowest BCUT2D eigenvalue weighted by Gasteiger charge is -2.50. The predicted molar refractivity (Wildman–Crippen MR) is 43.8 cm³/mol. The van der Waals surface area contributed by atoms with E-state index >= 15 is 0 Å². The molecule has 4 atom stereocenters. The SMILES string of the molecule is C=CC12COC(CC1O)C(C)O2. The van der Waals surface area contributed by atoms with E-state index in [1.165, 1.54) is 0 Å². The lowest BCUT2D eigenvalue weighted by Crippen LogP contribution is -2.63. The van der Waals surface area contributed by atoms with Gasteiger partial charge in [-0.15, -0.1) is 6.58 Å². The van der Waals surface area contributed by atoms with Crippen LogP contribution in [-0.2, 0) is 9.47 Å². The molecular formula is C9H14O3. The molecule has 3 heterocycles. The number of fused-ring (bicyclic) bond motifs is 3. The summed E-state index contributed by atoms with van der Waals surface area (Å²) in [5, 5.41) is 9.69. The highest BCUT2D eigenvalue weighted by molar-refractivity contribution is 5.10. The topological polar surface area (TPSA) is 38.7 Å². The Morgan fingerprint density at radius 1 is 1.67 bits per heavy atom. The monoisotopic (exact) mass is 170 g/mol. The third-order valence-corrected chi connectivity index (χ3v) is 2.82. The van der Waals surface area contributed by atoms with E-state index in [4.69, 9.17) is 9.47 Å². The second-order valence-electron chi connectivity index (χ2n) is 3.58. The number of hydrogen-bond donors (Lipinski definition) is 1. The van der Waals surface area contributed by atoms with Gasteiger partial charge in [0, 0.05) is 6.42 Å². The zero-order chi connectivity index (χ0) is 8.77. The van der Waals surface area contributed by atoms with Crippen molar-refractivity contribution in [2.75, 3.05) is 6.61 Å². The summed E-state index contributed by atoms with van der Waals surface area (Å²) in [6.07, 6.45) is 1.99. The summed E-state index contributed by atoms with van der Waals surface area (Å²) >= 11 is 0. The molecule has 0 aromatic rings. The Morgan fingerprint density at radius 3 is 2.83 bits per heavy atom. The van der Waals surface area contributed by atoms with Crippen LogP contribution in [0.3, 0.4) is 0 Å². The van der Waals surface area contributed by atoms with E-state index in [1.54, 1.807) is 6.08 Å². The molecular weight excluding hydrogens is 156 g/mol. The maximum absolute atomic E-state index is 9.69. The Kier molecular flexibility index (Phi) is 1.75. The lowest BCUT2D eigenvalue weighted by molar-refractivity contribution is -0.284. The van der Waals surface area contributed by atoms with Crippen molar-refractivity contribution in [1.29, 1.82) is 0 Å². The summed E-state index contributed by atoms with van der Waals surface area (Å²) < 4.78 is 11.1. The van der Waals surface area contributed by atoms with Gasteiger partial charge in [0.05, 0.1) is 24.9 Å². The maximum Gasteiger partial charge on any atom is 0.135 e. The van der Waals surface area contributed by atoms with Crippen LogP contribution in [-0.4, -0.2) is 35.6 Å². The van der Waals surface area contributed by atoms with Crippen molar-refractivity contribution in [3.63, 3.8) is 0 Å². The van der Waals surface area contributed by atoms with E-state index in [1.807, 2.05) is 6.92 Å². The summed E-state index contributed by atoms with van der Waals surface area (Å²) in [4.78, 5) is 0. The minimum absolute atomic E-state index is 0.0572. The molecule has 3 heteroatoms. The molecule has 3 saturated heterocycles. The zero-order valence-electron chi connectivity index (χ0n) is 7.19. The Labute approximate surface area is 72.0 Å². The van der Waals surface area contributed by atoms with Crippen molar-refractivity contribution in [1.82, 2.24) is 0 Å². The maximum atomic E-state index is 9.69. The van der Waals surface area contributed by atoms with Crippen molar-refractivity contribution in [3.05, 3.63) is 12.7 Å². The number of aliphatic hydroxyl groups excluding tert-OH is 1. The van der Waals surface area contributed by atoms with Gasteiger partial charge in [0.15, 0.2) is 0 Å². The van der Waals surface area contributed by atoms with Gasteiger partial charge in [-0.25, -0.2) is 0 Å². The summed E-state index contributed by atoms with van der Waals surface area (Å²) in [7, 11) is 0. The molecule has 3 aliphatic rings. The van der Waals surface area contributed by atoms with E-state index in [-0.39, 0.29) is 12.2 Å². The van der Waals surface area contributed by atoms with Crippen LogP contribution in [0.25, 0.3) is 0 Å². The van der Waals surface area contributed by atoms with Crippen LogP contribution >= 0.6 is 0 Å². The van der Waals surface area contributed by atoms with Gasteiger partial charge in [0.1, 0.15) is 5.60 Å². The van der Waals surface area contributed by atoms with Gasteiger partial charge in [-0.05, 0) is 6.92 Å². The van der Waals surface area contributed by atoms with Crippen LogP contribution in [0.4, 0.5) is 0 Å². The summed E-state index contributed by atoms with van der Waals surface area (Å²) in [6.45, 7) is 6.08. The average Bonchev–Trinajstić information content (AvgIpc) is 2.08. The highest BCUT2D eigenvalue weighted by Crippen LogP contribution is 2.37. The van der Waals surface area contributed by atoms with Gasteiger partial charge >= 0.3 is 0 Å². The molecule has 12 heavy (non-hydrogen) atoms. The van der Waals surface area contributed by atoms with Crippen molar-refractivity contribution >= 4 is 0 Å². The fourth-order valence-electron chi connectivity index (χ4n) is 1.93. The molecule has 3 fully saturated rings. The minimum Gasteiger partial charge on any atom is -0.390 e. The fourth-order valence-corrected chi connectivity index (χ4v) is 1.93. The average molecular weight is 170 g/mol. The molecule has 0 aromatic carbocycles. The largest absolute Gasteiger partial charge is 0.390 e. The fraction of sp³-hybridized carbons (Fsp3) is 0.778. The van der Waals surface area contributed by atoms with E-state index in [0.717, 1.165) is 0 Å². The van der Waals surface area contributed by atoms with E-state index in [0.29, 0.717) is 13.0 Å². The molecule has 0 spiro atoms. The van der Waals surface area contributed by atoms with Crippen molar-refractivity contribution in [2.45, 2.75) is 37.3 Å². The standard InChI is InChI=1S/C9H14O3/c1-3-9-5-11-7(4-8(9)10)6(2)12-9/h3,6-8,10H,1,4-5H2,2H3. The summed E-state index contributed by atoms with van der Waals surface area (Å²) in [5.41, 5.74) is -0.645. The molecule has 0 aliphatic carbocycles. The van der Waals surface area contributed by atoms with Crippen LogP contribution in [0.15, 0.2) is 12.7 Å². The van der Waals surface area contributed by atoms with Crippen LogP contribution < -0.4 is 0 Å². The van der Waals surface area contributed by atoms with Gasteiger partial charge in [-0.3, -0.25) is 0 Å². The minimum atomic E-state index is -0.645. The van der Waals surface area contributed by atoms with Gasteiger partial charge < -0.3 is 14.6 Å². The Hall–Kier alpha value is -0.380. The Balaban J connectivity index is 2.25. The van der Waals surface area contributed by atoms with Gasteiger partial charge in [0.25, 0.3) is 0 Å². The first-order valence-corrected chi connectivity index (χ1v) is 4.29. The molecule has 3 nitrogen and oxygen atoms in total. The smallest absolute Gasteiger partial charge is 0.135 e. The molecule has 3 rings (SSSR count). The molecule has 0 aromatic heterocycles. The highest BCUT2D eigenvalue weighted by Gasteiger charge is 2.50. The number of ether oxygens (including phenoxy) is 2. The molecule has 0 radical (unpaired) electrons. The third-order valence-electron chi connectivity index (χ3n) is 2.82. The van der Waals surface area contributed by atoms with Gasteiger partial charge in [-0.1, -0.05) is 6.08 Å². The second kappa shape index (κ2) is 2.55. The van der Waals surface area contributed by atoms with E-state index in [9.17, 15) is 5.11 Å². The molecule has 4 unspecified atom stereocenters. The summed E-state index contributed by atoms with van der Waals surface area (Å²) in [6, 6.07) is 0. The van der Waals surface area contributed by atoms with E-state index < -0.39 is 11.7 Å². The molecule has 68 valence electrons. The first kappa shape index (κ1) is 8.23. The zero-order valence-corrected chi connectivity index (χ0v) is 7.19. The van der Waals surface area contributed by atoms with Crippen molar-refractivity contribution in [2.24, 2.45) is 0 Å². The Bertz CT molecular complexity index is 204. The summed E-state index contributed by atoms with van der Waals surface area (Å²) in [5.74, 6) is 0. The van der Waals surface area contributed by atoms with Gasteiger partial charge in [0.2, 0.25) is 0 Å². The molecule has 1 N–H and O–H groups in total. The van der Waals surface area contributed by atoms with Crippen molar-refractivity contribution in [3.8, 4) is 0 Å². The molecule has 2 bridgehead atoms. The van der Waals surface area contributed by atoms with Crippen LogP contribution in [0.5, 0.6) is 0 Å². The number of rotatable bonds is 1. The highest BCUT2D eigenvalue weighted by atomic mass is 16.6. The quantitative estimate of drug-likeness (QED) is 0.582. The molecule has 0 saturated carbocycles. The second-order valence-corrected chi connectivity index (χ2v) is 3.58. The van der Waals surface area contributed by atoms with Crippen molar-refractivity contribution < 1.29 is 14.6 Å². The van der Waals surface area contributed by atoms with Crippen LogP contribution in [0, 0.1) is 0 Å². The molecule has 0 amide bonds. The number of aliphatic hydroxyl groups is 1. The van der Waals surface area contributed by atoms with E-state index in [2.05, 4.69) is 6.58 Å². The molecule has 3 aliphatic heterocycles. The lowest BCUT2D eigenvalue weighted by atomic mass is 9.85. The van der Waals surface area contributed by atoms with Gasteiger partial charge in [-0.2, -0.15) is 0 Å². The predicted octanol–water partition coefficient (Wildman–Crippen LogP) is 0.480. The Morgan fingerprint density at radius 2 is 2.42 bits per heavy atom.